The predicted molar refractivity (Wildman–Crippen MR) is 176 cm³/mol. The van der Waals surface area contributed by atoms with Crippen LogP contribution in [0.2, 0.25) is 0 Å². The fourth-order valence-electron chi connectivity index (χ4n) is 7.06. The molecule has 6 aromatic carbocycles. The Kier molecular flexibility index (Phi) is 5.12. The lowest BCUT2D eigenvalue weighted by atomic mass is 9.63. The maximum Gasteiger partial charge on any atom is 0.135 e. The van der Waals surface area contributed by atoms with Gasteiger partial charge in [-0.25, -0.2) is 0 Å². The highest BCUT2D eigenvalue weighted by molar-refractivity contribution is 9.10. The first-order valence-electron chi connectivity index (χ1n) is 13.6. The van der Waals surface area contributed by atoms with Gasteiger partial charge in [0, 0.05) is 29.5 Å². The second-order valence-corrected chi connectivity index (χ2v) is 13.6. The van der Waals surface area contributed by atoms with Crippen molar-refractivity contribution in [2.45, 2.75) is 15.2 Å². The topological polar surface area (TPSA) is 13.1 Å². The summed E-state index contributed by atoms with van der Waals surface area (Å²) in [6.45, 7) is 0. The van der Waals surface area contributed by atoms with Gasteiger partial charge in [0.2, 0.25) is 0 Å². The average Bonchev–Trinajstić information content (AvgIpc) is 3.32. The molecule has 1 aliphatic carbocycles. The van der Waals surface area contributed by atoms with Gasteiger partial charge >= 0.3 is 0 Å². The van der Waals surface area contributed by atoms with E-state index in [4.69, 9.17) is 4.42 Å². The molecule has 1 nitrogen and oxygen atoms in total. The molecule has 0 saturated carbocycles. The summed E-state index contributed by atoms with van der Waals surface area (Å²) >= 11 is 9.60. The Hall–Kier alpha value is -3.57. The number of rotatable bonds is 0. The van der Waals surface area contributed by atoms with Crippen LogP contribution in [-0.4, -0.2) is 0 Å². The molecule has 1 aliphatic heterocycles. The molecule has 4 heteroatoms. The number of hydrogen-bond donors (Lipinski definition) is 0. The summed E-state index contributed by atoms with van der Waals surface area (Å²) in [6, 6.07) is 44.4. The monoisotopic (exact) mass is 670 g/mol. The predicted octanol–water partition coefficient (Wildman–Crippen LogP) is 11.6. The lowest BCUT2D eigenvalue weighted by Crippen LogP contribution is -2.34. The molecule has 0 unspecified atom stereocenters. The maximum absolute atomic E-state index is 6.53. The Balaban J connectivity index is 1.55. The van der Waals surface area contributed by atoms with E-state index in [0.29, 0.717) is 0 Å². The SMILES string of the molecule is Brc1ccc2c(c1)C1(c3ccccc3Sc3cc4c(cc31)oc1ccccc14)c1cc(Br)ccc1-c1ccccc1-2. The van der Waals surface area contributed by atoms with Crippen molar-refractivity contribution in [3.05, 3.63) is 153 Å². The molecule has 7 aromatic rings. The minimum Gasteiger partial charge on any atom is -0.456 e. The second-order valence-electron chi connectivity index (χ2n) is 10.7. The van der Waals surface area contributed by atoms with Gasteiger partial charge in [-0.1, -0.05) is 116 Å². The van der Waals surface area contributed by atoms with E-state index in [-0.39, 0.29) is 0 Å². The van der Waals surface area contributed by atoms with Gasteiger partial charge in [-0.05, 0) is 93.0 Å². The van der Waals surface area contributed by atoms with Crippen LogP contribution in [0, 0.1) is 0 Å². The number of halogens is 2. The van der Waals surface area contributed by atoms with E-state index in [2.05, 4.69) is 147 Å². The second kappa shape index (κ2) is 8.72. The molecule has 0 saturated heterocycles. The van der Waals surface area contributed by atoms with Gasteiger partial charge in [0.15, 0.2) is 0 Å². The summed E-state index contributed by atoms with van der Waals surface area (Å²) in [4.78, 5) is 2.53. The van der Waals surface area contributed by atoms with Gasteiger partial charge in [0.1, 0.15) is 11.2 Å². The zero-order chi connectivity index (χ0) is 27.3. The van der Waals surface area contributed by atoms with E-state index < -0.39 is 5.41 Å². The molecule has 0 atom stereocenters. The molecule has 0 radical (unpaired) electrons. The van der Waals surface area contributed by atoms with Gasteiger partial charge in [0.25, 0.3) is 0 Å². The lowest BCUT2D eigenvalue weighted by molar-refractivity contribution is 0.660. The molecule has 1 aromatic heterocycles. The maximum atomic E-state index is 6.53. The Labute approximate surface area is 258 Å². The van der Waals surface area contributed by atoms with Gasteiger partial charge < -0.3 is 4.42 Å². The van der Waals surface area contributed by atoms with Crippen molar-refractivity contribution in [1.82, 2.24) is 0 Å². The van der Waals surface area contributed by atoms with Crippen LogP contribution in [0.5, 0.6) is 0 Å². The fraction of sp³-hybridized carbons (Fsp3) is 0.0270. The Bertz CT molecular complexity index is 2150. The summed E-state index contributed by atoms with van der Waals surface area (Å²) in [5, 5.41) is 2.31. The Morgan fingerprint density at radius 1 is 0.463 bits per heavy atom. The standard InChI is InChI=1S/C37H20Br2OS/c38-21-13-15-25-23-7-1-2-8-24(23)26-16-14-22(39)18-31(26)37(30(25)17-21)29-10-4-6-12-35(29)41-36-19-28-27-9-3-5-11-33(27)40-34(28)20-32(36)37/h1-20H. The summed E-state index contributed by atoms with van der Waals surface area (Å²) in [7, 11) is 0. The molecule has 9 rings (SSSR count). The van der Waals surface area contributed by atoms with E-state index in [1.54, 1.807) is 0 Å². The van der Waals surface area contributed by atoms with Crippen molar-refractivity contribution < 1.29 is 4.42 Å². The Morgan fingerprint density at radius 2 is 1.10 bits per heavy atom. The molecule has 41 heavy (non-hydrogen) atoms. The first kappa shape index (κ1) is 24.1. The van der Waals surface area contributed by atoms with Gasteiger partial charge in [-0.15, -0.1) is 0 Å². The van der Waals surface area contributed by atoms with E-state index in [1.807, 2.05) is 17.8 Å². The van der Waals surface area contributed by atoms with Crippen molar-refractivity contribution in [1.29, 1.82) is 0 Å². The third kappa shape index (κ3) is 3.24. The largest absolute Gasteiger partial charge is 0.456 e. The fourth-order valence-corrected chi connectivity index (χ4v) is 8.99. The number of furan rings is 1. The van der Waals surface area contributed by atoms with Crippen LogP contribution >= 0.6 is 43.6 Å². The lowest BCUT2D eigenvalue weighted by Gasteiger charge is -2.43. The summed E-state index contributed by atoms with van der Waals surface area (Å²) in [6.07, 6.45) is 0. The van der Waals surface area contributed by atoms with Crippen molar-refractivity contribution in [3.8, 4) is 22.3 Å². The first-order valence-corrected chi connectivity index (χ1v) is 16.0. The molecule has 0 bridgehead atoms. The molecule has 0 amide bonds. The summed E-state index contributed by atoms with van der Waals surface area (Å²) in [5.41, 5.74) is 11.3. The highest BCUT2D eigenvalue weighted by atomic mass is 79.9. The molecule has 194 valence electrons. The third-order valence-corrected chi connectivity index (χ3v) is 10.8. The van der Waals surface area contributed by atoms with Crippen LogP contribution < -0.4 is 0 Å². The zero-order valence-electron chi connectivity index (χ0n) is 21.6. The van der Waals surface area contributed by atoms with Gasteiger partial charge in [0.05, 0.1) is 5.41 Å². The average molecular weight is 672 g/mol. The van der Waals surface area contributed by atoms with Crippen LogP contribution in [0.4, 0.5) is 0 Å². The molecule has 0 fully saturated rings. The first-order chi connectivity index (χ1) is 20.1. The highest BCUT2D eigenvalue weighted by Crippen LogP contribution is 2.62. The number of hydrogen-bond acceptors (Lipinski definition) is 2. The molecule has 2 aliphatic rings. The van der Waals surface area contributed by atoms with Crippen molar-refractivity contribution in [3.63, 3.8) is 0 Å². The minimum absolute atomic E-state index is 0.582. The van der Waals surface area contributed by atoms with E-state index >= 15 is 0 Å². The van der Waals surface area contributed by atoms with Crippen LogP contribution in [0.1, 0.15) is 22.3 Å². The quantitative estimate of drug-likeness (QED) is 0.159. The Morgan fingerprint density at radius 3 is 1.83 bits per heavy atom. The molecular formula is C37H20Br2OS. The van der Waals surface area contributed by atoms with Gasteiger partial charge in [-0.3, -0.25) is 0 Å². The molecule has 1 spiro atoms. The molecular weight excluding hydrogens is 652 g/mol. The smallest absolute Gasteiger partial charge is 0.135 e. The minimum atomic E-state index is -0.582. The van der Waals surface area contributed by atoms with Crippen LogP contribution in [-0.2, 0) is 5.41 Å². The van der Waals surface area contributed by atoms with Gasteiger partial charge in [-0.2, -0.15) is 0 Å². The van der Waals surface area contributed by atoms with Crippen LogP contribution in [0.15, 0.2) is 144 Å². The zero-order valence-corrected chi connectivity index (χ0v) is 25.6. The number of fused-ring (bicyclic) bond motifs is 14. The van der Waals surface area contributed by atoms with Crippen LogP contribution in [0.25, 0.3) is 44.2 Å². The van der Waals surface area contributed by atoms with E-state index in [0.717, 1.165) is 30.9 Å². The van der Waals surface area contributed by atoms with Crippen LogP contribution in [0.3, 0.4) is 0 Å². The molecule has 2 heterocycles. The molecule has 0 N–H and O–H groups in total. The van der Waals surface area contributed by atoms with E-state index in [1.165, 1.54) is 54.3 Å². The third-order valence-electron chi connectivity index (χ3n) is 8.67. The highest BCUT2D eigenvalue weighted by Gasteiger charge is 2.48. The summed E-state index contributed by atoms with van der Waals surface area (Å²) < 4.78 is 8.66. The van der Waals surface area contributed by atoms with Crippen molar-refractivity contribution >= 4 is 65.6 Å². The number of benzene rings is 6. The van der Waals surface area contributed by atoms with Crippen molar-refractivity contribution in [2.24, 2.45) is 0 Å². The van der Waals surface area contributed by atoms with E-state index in [9.17, 15) is 0 Å². The van der Waals surface area contributed by atoms with Crippen molar-refractivity contribution in [2.75, 3.05) is 0 Å². The number of para-hydroxylation sites is 1. The summed E-state index contributed by atoms with van der Waals surface area (Å²) in [5.74, 6) is 0. The normalized spacial score (nSPS) is 14.2.